The Morgan fingerprint density at radius 2 is 2.05 bits per heavy atom. The third-order valence-corrected chi connectivity index (χ3v) is 3.21. The van der Waals surface area contributed by atoms with Gasteiger partial charge >= 0.3 is 6.18 Å². The first-order chi connectivity index (χ1) is 9.96. The van der Waals surface area contributed by atoms with Crippen LogP contribution in [-0.4, -0.2) is 37.9 Å². The predicted octanol–water partition coefficient (Wildman–Crippen LogP) is 1.40. The van der Waals surface area contributed by atoms with Crippen LogP contribution in [0.4, 0.5) is 13.2 Å². The van der Waals surface area contributed by atoms with Crippen LogP contribution in [0.2, 0.25) is 0 Å². The molecule has 1 aromatic rings. The van der Waals surface area contributed by atoms with Crippen molar-refractivity contribution in [3.63, 3.8) is 0 Å². The SMILES string of the molecule is O=C(NCCOCC(F)(F)F)[C@H]1Cc2ccccc2CN1. The lowest BCUT2D eigenvalue weighted by Gasteiger charge is -2.25. The molecule has 1 heterocycles. The third-order valence-electron chi connectivity index (χ3n) is 3.21. The zero-order chi connectivity index (χ0) is 15.3. The van der Waals surface area contributed by atoms with Crippen molar-refractivity contribution in [1.29, 1.82) is 0 Å². The first-order valence-electron chi connectivity index (χ1n) is 6.68. The fourth-order valence-corrected chi connectivity index (χ4v) is 2.20. The minimum atomic E-state index is -4.33. The zero-order valence-corrected chi connectivity index (χ0v) is 11.4. The van der Waals surface area contributed by atoms with E-state index in [-0.39, 0.29) is 25.1 Å². The summed E-state index contributed by atoms with van der Waals surface area (Å²) in [4.78, 5) is 11.9. The number of benzene rings is 1. The predicted molar refractivity (Wildman–Crippen MR) is 70.7 cm³/mol. The molecule has 21 heavy (non-hydrogen) atoms. The van der Waals surface area contributed by atoms with Gasteiger partial charge in [-0.15, -0.1) is 0 Å². The normalized spacial score (nSPS) is 18.1. The van der Waals surface area contributed by atoms with E-state index < -0.39 is 12.8 Å². The van der Waals surface area contributed by atoms with E-state index in [0.717, 1.165) is 11.1 Å². The summed E-state index contributed by atoms with van der Waals surface area (Å²) in [6, 6.07) is 7.48. The highest BCUT2D eigenvalue weighted by Crippen LogP contribution is 2.16. The van der Waals surface area contributed by atoms with E-state index >= 15 is 0 Å². The van der Waals surface area contributed by atoms with E-state index in [1.165, 1.54) is 0 Å². The summed E-state index contributed by atoms with van der Waals surface area (Å²) in [6.45, 7) is -0.778. The molecule has 7 heteroatoms. The second-order valence-electron chi connectivity index (χ2n) is 4.87. The van der Waals surface area contributed by atoms with Gasteiger partial charge < -0.3 is 15.4 Å². The molecule has 2 N–H and O–H groups in total. The lowest BCUT2D eigenvalue weighted by molar-refractivity contribution is -0.173. The topological polar surface area (TPSA) is 50.4 Å². The summed E-state index contributed by atoms with van der Waals surface area (Å²) in [5.41, 5.74) is 2.28. The molecule has 1 aliphatic rings. The van der Waals surface area contributed by atoms with Gasteiger partial charge in [-0.1, -0.05) is 24.3 Å². The summed E-state index contributed by atoms with van der Waals surface area (Å²) in [7, 11) is 0. The number of carbonyl (C=O) groups is 1. The van der Waals surface area contributed by atoms with Gasteiger partial charge in [-0.3, -0.25) is 4.79 Å². The maximum Gasteiger partial charge on any atom is 0.411 e. The van der Waals surface area contributed by atoms with E-state index in [1.807, 2.05) is 24.3 Å². The molecule has 0 saturated heterocycles. The average molecular weight is 302 g/mol. The van der Waals surface area contributed by atoms with Gasteiger partial charge in [0.2, 0.25) is 5.91 Å². The lowest BCUT2D eigenvalue weighted by atomic mass is 9.95. The Kier molecular flexibility index (Phi) is 5.19. The van der Waals surface area contributed by atoms with Crippen molar-refractivity contribution in [3.05, 3.63) is 35.4 Å². The number of fused-ring (bicyclic) bond motifs is 1. The minimum absolute atomic E-state index is 0.0642. The Bertz CT molecular complexity index is 491. The zero-order valence-electron chi connectivity index (χ0n) is 11.4. The molecule has 0 spiro atoms. The van der Waals surface area contributed by atoms with Crippen LogP contribution >= 0.6 is 0 Å². The summed E-state index contributed by atoms with van der Waals surface area (Å²) >= 11 is 0. The monoisotopic (exact) mass is 302 g/mol. The molecule has 0 radical (unpaired) electrons. The average Bonchev–Trinajstić information content (AvgIpc) is 2.45. The molecule has 1 aliphatic heterocycles. The van der Waals surface area contributed by atoms with Crippen molar-refractivity contribution < 1.29 is 22.7 Å². The summed E-state index contributed by atoms with van der Waals surface area (Å²) in [6.07, 6.45) is -3.76. The molecule has 0 aromatic heterocycles. The van der Waals surface area contributed by atoms with Gasteiger partial charge in [0.15, 0.2) is 0 Å². The Morgan fingerprint density at radius 1 is 1.33 bits per heavy atom. The number of hydrogen-bond acceptors (Lipinski definition) is 3. The van der Waals surface area contributed by atoms with Crippen LogP contribution in [0.25, 0.3) is 0 Å². The highest BCUT2D eigenvalue weighted by Gasteiger charge is 2.27. The van der Waals surface area contributed by atoms with Crippen molar-refractivity contribution >= 4 is 5.91 Å². The van der Waals surface area contributed by atoms with Gasteiger partial charge in [-0.2, -0.15) is 13.2 Å². The molecule has 1 atom stereocenters. The molecule has 0 saturated carbocycles. The number of halogens is 3. The van der Waals surface area contributed by atoms with Crippen LogP contribution in [0.3, 0.4) is 0 Å². The van der Waals surface area contributed by atoms with E-state index in [9.17, 15) is 18.0 Å². The van der Waals surface area contributed by atoms with Gasteiger partial charge in [0.05, 0.1) is 12.6 Å². The van der Waals surface area contributed by atoms with Gasteiger partial charge in [-0.25, -0.2) is 0 Å². The Hall–Kier alpha value is -1.60. The number of hydrogen-bond donors (Lipinski definition) is 2. The summed E-state index contributed by atoms with van der Waals surface area (Å²) in [5.74, 6) is -0.222. The van der Waals surface area contributed by atoms with E-state index in [0.29, 0.717) is 13.0 Å². The van der Waals surface area contributed by atoms with Gasteiger partial charge in [0.1, 0.15) is 6.61 Å². The Morgan fingerprint density at radius 3 is 2.76 bits per heavy atom. The molecule has 0 fully saturated rings. The van der Waals surface area contributed by atoms with Crippen LogP contribution in [-0.2, 0) is 22.5 Å². The van der Waals surface area contributed by atoms with Crippen LogP contribution in [0, 0.1) is 0 Å². The number of amides is 1. The Labute approximate surface area is 120 Å². The molecule has 1 amide bonds. The molecule has 0 unspecified atom stereocenters. The highest BCUT2D eigenvalue weighted by molar-refractivity contribution is 5.82. The van der Waals surface area contributed by atoms with E-state index in [4.69, 9.17) is 0 Å². The first-order valence-corrected chi connectivity index (χ1v) is 6.68. The second-order valence-corrected chi connectivity index (χ2v) is 4.87. The van der Waals surface area contributed by atoms with Gasteiger partial charge in [-0.05, 0) is 17.5 Å². The van der Waals surface area contributed by atoms with Crippen molar-refractivity contribution in [1.82, 2.24) is 10.6 Å². The minimum Gasteiger partial charge on any atom is -0.370 e. The molecular formula is C14H17F3N2O2. The fourth-order valence-electron chi connectivity index (χ4n) is 2.20. The molecule has 116 valence electrons. The van der Waals surface area contributed by atoms with Gasteiger partial charge in [0, 0.05) is 13.1 Å². The van der Waals surface area contributed by atoms with Crippen LogP contribution in [0.5, 0.6) is 0 Å². The van der Waals surface area contributed by atoms with Crippen molar-refractivity contribution in [3.8, 4) is 0 Å². The van der Waals surface area contributed by atoms with Gasteiger partial charge in [0.25, 0.3) is 0 Å². The quantitative estimate of drug-likeness (QED) is 0.808. The summed E-state index contributed by atoms with van der Waals surface area (Å²) < 4.78 is 40.0. The number of carbonyl (C=O) groups excluding carboxylic acids is 1. The maximum atomic E-state index is 11.9. The first kappa shape index (κ1) is 15.8. The Balaban J connectivity index is 1.70. The molecule has 1 aromatic carbocycles. The van der Waals surface area contributed by atoms with Crippen LogP contribution in [0.15, 0.2) is 24.3 Å². The van der Waals surface area contributed by atoms with E-state index in [2.05, 4.69) is 15.4 Å². The smallest absolute Gasteiger partial charge is 0.370 e. The number of alkyl halides is 3. The maximum absolute atomic E-state index is 11.9. The van der Waals surface area contributed by atoms with Crippen LogP contribution in [0.1, 0.15) is 11.1 Å². The number of rotatable bonds is 5. The number of nitrogens with one attached hydrogen (secondary N) is 2. The molecule has 2 rings (SSSR count). The fraction of sp³-hybridized carbons (Fsp3) is 0.500. The van der Waals surface area contributed by atoms with Crippen molar-refractivity contribution in [2.75, 3.05) is 19.8 Å². The third kappa shape index (κ3) is 5.02. The molecular weight excluding hydrogens is 285 g/mol. The standard InChI is InChI=1S/C14H17F3N2O2/c15-14(16,17)9-21-6-5-18-13(20)12-7-10-3-1-2-4-11(10)8-19-12/h1-4,12,19H,5-9H2,(H,18,20)/t12-/m1/s1. The molecule has 4 nitrogen and oxygen atoms in total. The lowest BCUT2D eigenvalue weighted by Crippen LogP contribution is -2.48. The van der Waals surface area contributed by atoms with Crippen molar-refractivity contribution in [2.45, 2.75) is 25.2 Å². The largest absolute Gasteiger partial charge is 0.411 e. The molecule has 0 aliphatic carbocycles. The molecule has 0 bridgehead atoms. The number of ether oxygens (including phenoxy) is 1. The second kappa shape index (κ2) is 6.91. The van der Waals surface area contributed by atoms with Crippen LogP contribution < -0.4 is 10.6 Å². The van der Waals surface area contributed by atoms with E-state index in [1.54, 1.807) is 0 Å². The highest BCUT2D eigenvalue weighted by atomic mass is 19.4. The van der Waals surface area contributed by atoms with Crippen molar-refractivity contribution in [2.24, 2.45) is 0 Å². The summed E-state index contributed by atoms with van der Waals surface area (Å²) in [5, 5.41) is 5.68.